The van der Waals surface area contributed by atoms with Gasteiger partial charge >= 0.3 is 0 Å². The second-order valence-electron chi connectivity index (χ2n) is 6.82. The van der Waals surface area contributed by atoms with Crippen LogP contribution in [0, 0.1) is 5.41 Å². The van der Waals surface area contributed by atoms with E-state index >= 15 is 0 Å². The summed E-state index contributed by atoms with van der Waals surface area (Å²) >= 11 is 0. The van der Waals surface area contributed by atoms with E-state index in [0.717, 1.165) is 45.3 Å². The number of rotatable bonds is 8. The van der Waals surface area contributed by atoms with Crippen molar-refractivity contribution in [3.05, 3.63) is 0 Å². The standard InChI is InChI=1S/C17H34N4O2.2ClH/c1-5-17(6-2,13-18)16(23)19-14-7-10-21(11-8-14)12-9-15(22)20(3)4;;/h14H,5-13,18H2,1-4H3,(H,19,23);2*1H. The number of likely N-dealkylation sites (tertiary alicyclic amines) is 1. The molecule has 3 N–H and O–H groups in total. The fraction of sp³-hybridized carbons (Fsp3) is 0.882. The number of hydrogen-bond donors (Lipinski definition) is 2. The van der Waals surface area contributed by atoms with Crippen molar-refractivity contribution in [2.24, 2.45) is 11.1 Å². The van der Waals surface area contributed by atoms with E-state index in [0.29, 0.717) is 13.0 Å². The molecule has 150 valence electrons. The number of nitrogens with two attached hydrogens (primary N) is 1. The van der Waals surface area contributed by atoms with Crippen molar-refractivity contribution in [1.82, 2.24) is 15.1 Å². The topological polar surface area (TPSA) is 78.7 Å². The van der Waals surface area contributed by atoms with Gasteiger partial charge in [0.05, 0.1) is 5.41 Å². The molecule has 0 atom stereocenters. The fourth-order valence-corrected chi connectivity index (χ4v) is 3.07. The highest BCUT2D eigenvalue weighted by Gasteiger charge is 2.35. The third kappa shape index (κ3) is 7.69. The van der Waals surface area contributed by atoms with E-state index in [4.69, 9.17) is 5.73 Å². The molecule has 0 bridgehead atoms. The van der Waals surface area contributed by atoms with Crippen molar-refractivity contribution in [3.8, 4) is 0 Å². The second-order valence-corrected chi connectivity index (χ2v) is 6.82. The Morgan fingerprint density at radius 3 is 2.08 bits per heavy atom. The minimum absolute atomic E-state index is 0. The van der Waals surface area contributed by atoms with E-state index in [2.05, 4.69) is 10.2 Å². The molecule has 1 fully saturated rings. The van der Waals surface area contributed by atoms with Gasteiger partial charge in [0.1, 0.15) is 0 Å². The lowest BCUT2D eigenvalue weighted by Crippen LogP contribution is -2.51. The minimum atomic E-state index is -0.421. The number of hydrogen-bond acceptors (Lipinski definition) is 4. The molecule has 6 nitrogen and oxygen atoms in total. The lowest BCUT2D eigenvalue weighted by molar-refractivity contribution is -0.132. The Kier molecular flexibility index (Phi) is 13.6. The molecule has 0 aromatic rings. The molecule has 1 saturated heterocycles. The molecule has 0 aliphatic carbocycles. The van der Waals surface area contributed by atoms with E-state index in [-0.39, 0.29) is 42.7 Å². The first kappa shape index (κ1) is 26.7. The van der Waals surface area contributed by atoms with Gasteiger partial charge in [0, 0.05) is 52.7 Å². The summed E-state index contributed by atoms with van der Waals surface area (Å²) in [6.07, 6.45) is 3.99. The van der Waals surface area contributed by atoms with Crippen LogP contribution < -0.4 is 11.1 Å². The third-order valence-corrected chi connectivity index (χ3v) is 5.29. The van der Waals surface area contributed by atoms with Crippen molar-refractivity contribution >= 4 is 36.6 Å². The molecule has 2 amide bonds. The SMILES string of the molecule is CCC(CC)(CN)C(=O)NC1CCN(CCC(=O)N(C)C)CC1.Cl.Cl. The number of piperidine rings is 1. The molecule has 1 aliphatic rings. The summed E-state index contributed by atoms with van der Waals surface area (Å²) in [4.78, 5) is 28.1. The van der Waals surface area contributed by atoms with Crippen LogP contribution in [0.4, 0.5) is 0 Å². The van der Waals surface area contributed by atoms with E-state index in [1.54, 1.807) is 19.0 Å². The van der Waals surface area contributed by atoms with Crippen LogP contribution in [-0.2, 0) is 9.59 Å². The van der Waals surface area contributed by atoms with Crippen LogP contribution in [-0.4, -0.2) is 67.9 Å². The summed E-state index contributed by atoms with van der Waals surface area (Å²) in [7, 11) is 3.57. The van der Waals surface area contributed by atoms with Crippen LogP contribution in [0.5, 0.6) is 0 Å². The molecule has 1 rings (SSSR count). The molecule has 25 heavy (non-hydrogen) atoms. The zero-order chi connectivity index (χ0) is 17.5. The number of nitrogens with one attached hydrogen (secondary N) is 1. The van der Waals surface area contributed by atoms with Crippen molar-refractivity contribution in [1.29, 1.82) is 0 Å². The Hall–Kier alpha value is -0.560. The summed E-state index contributed by atoms with van der Waals surface area (Å²) in [5.41, 5.74) is 5.42. The van der Waals surface area contributed by atoms with Crippen LogP contribution in [0.2, 0.25) is 0 Å². The van der Waals surface area contributed by atoms with Crippen LogP contribution in [0.1, 0.15) is 46.0 Å². The third-order valence-electron chi connectivity index (χ3n) is 5.29. The molecule has 0 saturated carbocycles. The molecule has 0 spiro atoms. The largest absolute Gasteiger partial charge is 0.353 e. The molecule has 1 aliphatic heterocycles. The maximum absolute atomic E-state index is 12.5. The fourth-order valence-electron chi connectivity index (χ4n) is 3.07. The van der Waals surface area contributed by atoms with Crippen LogP contribution in [0.15, 0.2) is 0 Å². The van der Waals surface area contributed by atoms with Crippen LogP contribution in [0.25, 0.3) is 0 Å². The summed E-state index contributed by atoms with van der Waals surface area (Å²) in [6, 6.07) is 0.229. The minimum Gasteiger partial charge on any atom is -0.353 e. The van der Waals surface area contributed by atoms with E-state index in [9.17, 15) is 9.59 Å². The zero-order valence-electron chi connectivity index (χ0n) is 16.0. The maximum Gasteiger partial charge on any atom is 0.227 e. The van der Waals surface area contributed by atoms with Gasteiger partial charge in [-0.3, -0.25) is 9.59 Å². The van der Waals surface area contributed by atoms with Gasteiger partial charge in [-0.15, -0.1) is 24.8 Å². The predicted molar refractivity (Wildman–Crippen MR) is 107 cm³/mol. The van der Waals surface area contributed by atoms with Crippen LogP contribution in [0.3, 0.4) is 0 Å². The van der Waals surface area contributed by atoms with E-state index < -0.39 is 5.41 Å². The molecule has 0 aromatic heterocycles. The Morgan fingerprint density at radius 1 is 1.16 bits per heavy atom. The van der Waals surface area contributed by atoms with Crippen LogP contribution >= 0.6 is 24.8 Å². The molecule has 1 heterocycles. The number of nitrogens with zero attached hydrogens (tertiary/aromatic N) is 2. The monoisotopic (exact) mass is 398 g/mol. The van der Waals surface area contributed by atoms with Crippen molar-refractivity contribution in [2.45, 2.75) is 52.0 Å². The predicted octanol–water partition coefficient (Wildman–Crippen LogP) is 1.65. The highest BCUT2D eigenvalue weighted by Crippen LogP contribution is 2.26. The lowest BCUT2D eigenvalue weighted by atomic mass is 9.81. The quantitative estimate of drug-likeness (QED) is 0.651. The highest BCUT2D eigenvalue weighted by molar-refractivity contribution is 5.85. The zero-order valence-corrected chi connectivity index (χ0v) is 17.7. The van der Waals surface area contributed by atoms with Gasteiger partial charge in [-0.2, -0.15) is 0 Å². The number of carbonyl (C=O) groups is 2. The second kappa shape index (κ2) is 12.7. The van der Waals surface area contributed by atoms with Gasteiger partial charge in [0.2, 0.25) is 11.8 Å². The first-order valence-corrected chi connectivity index (χ1v) is 8.82. The van der Waals surface area contributed by atoms with Crippen molar-refractivity contribution in [3.63, 3.8) is 0 Å². The number of amides is 2. The molecule has 0 unspecified atom stereocenters. The molecule has 8 heteroatoms. The van der Waals surface area contributed by atoms with E-state index in [1.807, 2.05) is 13.8 Å². The maximum atomic E-state index is 12.5. The molecular weight excluding hydrogens is 363 g/mol. The Morgan fingerprint density at radius 2 is 1.68 bits per heavy atom. The summed E-state index contributed by atoms with van der Waals surface area (Å²) in [6.45, 7) is 7.12. The first-order chi connectivity index (χ1) is 10.9. The average Bonchev–Trinajstić information content (AvgIpc) is 2.56. The lowest BCUT2D eigenvalue weighted by Gasteiger charge is -2.35. The Bertz CT molecular complexity index is 388. The Labute approximate surface area is 165 Å². The normalized spacial score (nSPS) is 15.7. The molecular formula is C17H36Cl2N4O2. The van der Waals surface area contributed by atoms with Gasteiger partial charge in [-0.1, -0.05) is 13.8 Å². The van der Waals surface area contributed by atoms with Gasteiger partial charge in [-0.05, 0) is 25.7 Å². The summed E-state index contributed by atoms with van der Waals surface area (Å²) in [5.74, 6) is 0.269. The number of carbonyl (C=O) groups excluding carboxylic acids is 2. The first-order valence-electron chi connectivity index (χ1n) is 8.82. The van der Waals surface area contributed by atoms with Gasteiger partial charge in [-0.25, -0.2) is 0 Å². The summed E-state index contributed by atoms with van der Waals surface area (Å²) in [5, 5.41) is 3.20. The molecule has 0 radical (unpaired) electrons. The van der Waals surface area contributed by atoms with Crippen molar-refractivity contribution in [2.75, 3.05) is 40.3 Å². The van der Waals surface area contributed by atoms with Crippen molar-refractivity contribution < 1.29 is 9.59 Å². The molecule has 0 aromatic carbocycles. The van der Waals surface area contributed by atoms with Gasteiger partial charge in [0.15, 0.2) is 0 Å². The van der Waals surface area contributed by atoms with Gasteiger partial charge in [0.25, 0.3) is 0 Å². The highest BCUT2D eigenvalue weighted by atomic mass is 35.5. The number of halogens is 2. The smallest absolute Gasteiger partial charge is 0.227 e. The average molecular weight is 399 g/mol. The summed E-state index contributed by atoms with van der Waals surface area (Å²) < 4.78 is 0. The Balaban J connectivity index is 0. The van der Waals surface area contributed by atoms with E-state index in [1.165, 1.54) is 0 Å². The van der Waals surface area contributed by atoms with Gasteiger partial charge < -0.3 is 20.9 Å².